The van der Waals surface area contributed by atoms with E-state index in [-0.39, 0.29) is 12.5 Å². The minimum absolute atomic E-state index is 0.116. The number of benzene rings is 3. The van der Waals surface area contributed by atoms with Crippen LogP contribution >= 0.6 is 0 Å². The van der Waals surface area contributed by atoms with Gasteiger partial charge in [0.15, 0.2) is 0 Å². The Kier molecular flexibility index (Phi) is 7.52. The molecular weight excluding hydrogens is 432 g/mol. The Balaban J connectivity index is 1.47. The highest BCUT2D eigenvalue weighted by Crippen LogP contribution is 2.42. The van der Waals surface area contributed by atoms with Gasteiger partial charge in [0.1, 0.15) is 5.75 Å². The minimum atomic E-state index is 0.116. The predicted molar refractivity (Wildman–Crippen MR) is 142 cm³/mol. The zero-order chi connectivity index (χ0) is 24.2. The van der Waals surface area contributed by atoms with Crippen LogP contribution in [0.25, 0.3) is 0 Å². The van der Waals surface area contributed by atoms with Crippen molar-refractivity contribution in [2.75, 3.05) is 26.8 Å². The molecule has 0 radical (unpaired) electrons. The molecule has 6 rings (SSSR count). The van der Waals surface area contributed by atoms with Crippen LogP contribution in [0.3, 0.4) is 0 Å². The van der Waals surface area contributed by atoms with E-state index >= 15 is 0 Å². The Bertz CT molecular complexity index is 1040. The van der Waals surface area contributed by atoms with Crippen molar-refractivity contribution in [2.45, 2.75) is 50.2 Å². The number of aliphatic hydroxyl groups excluding tert-OH is 1. The maximum absolute atomic E-state index is 9.67. The van der Waals surface area contributed by atoms with Gasteiger partial charge in [0, 0.05) is 42.6 Å². The molecule has 2 bridgehead atoms. The monoisotopic (exact) mass is 470 g/mol. The van der Waals surface area contributed by atoms with Crippen molar-refractivity contribution in [3.05, 3.63) is 101 Å². The first-order valence-corrected chi connectivity index (χ1v) is 13.0. The molecule has 3 fully saturated rings. The third-order valence-corrected chi connectivity index (χ3v) is 8.21. The van der Waals surface area contributed by atoms with Crippen LogP contribution in [-0.2, 0) is 6.54 Å². The summed E-state index contributed by atoms with van der Waals surface area (Å²) in [6.07, 6.45) is 2.51. The summed E-state index contributed by atoms with van der Waals surface area (Å²) in [5.74, 6) is 2.02. The Labute approximate surface area is 209 Å². The topological polar surface area (TPSA) is 44.7 Å². The summed E-state index contributed by atoms with van der Waals surface area (Å²) in [4.78, 5) is 2.73. The summed E-state index contributed by atoms with van der Waals surface area (Å²) < 4.78 is 5.72. The van der Waals surface area contributed by atoms with Gasteiger partial charge < -0.3 is 15.2 Å². The Morgan fingerprint density at radius 3 is 2.11 bits per heavy atom. The van der Waals surface area contributed by atoms with Crippen molar-refractivity contribution in [2.24, 2.45) is 5.92 Å². The van der Waals surface area contributed by atoms with E-state index in [1.165, 1.54) is 37.1 Å². The number of nitrogens with zero attached hydrogens (tertiary/aromatic N) is 1. The van der Waals surface area contributed by atoms with E-state index in [0.29, 0.717) is 23.9 Å². The molecule has 0 spiro atoms. The second kappa shape index (κ2) is 10.9. The molecule has 3 atom stereocenters. The van der Waals surface area contributed by atoms with Crippen LogP contribution in [0.2, 0.25) is 0 Å². The van der Waals surface area contributed by atoms with Crippen LogP contribution in [-0.4, -0.2) is 48.9 Å². The average molecular weight is 471 g/mol. The van der Waals surface area contributed by atoms with E-state index in [4.69, 9.17) is 4.74 Å². The molecule has 3 saturated heterocycles. The van der Waals surface area contributed by atoms with Gasteiger partial charge in [-0.25, -0.2) is 0 Å². The van der Waals surface area contributed by atoms with Gasteiger partial charge in [-0.1, -0.05) is 79.7 Å². The fourth-order valence-electron chi connectivity index (χ4n) is 6.27. The Morgan fingerprint density at radius 2 is 1.54 bits per heavy atom. The summed E-state index contributed by atoms with van der Waals surface area (Å²) in [6.45, 7) is 5.33. The zero-order valence-corrected chi connectivity index (χ0v) is 20.9. The number of nitrogens with one attached hydrogen (secondary N) is 1. The maximum atomic E-state index is 9.67. The molecule has 35 heavy (non-hydrogen) atoms. The first-order chi connectivity index (χ1) is 17.2. The normalized spacial score (nSPS) is 24.5. The maximum Gasteiger partial charge on any atom is 0.123 e. The van der Waals surface area contributed by atoms with Gasteiger partial charge in [0.2, 0.25) is 0 Å². The lowest BCUT2D eigenvalue weighted by atomic mass is 9.70. The minimum Gasteiger partial charge on any atom is -0.496 e. The molecule has 3 aliphatic rings. The van der Waals surface area contributed by atoms with Gasteiger partial charge in [0.25, 0.3) is 0 Å². The molecule has 1 unspecified atom stereocenters. The van der Waals surface area contributed by atoms with Gasteiger partial charge in [-0.2, -0.15) is 0 Å². The second-order valence-corrected chi connectivity index (χ2v) is 10.2. The lowest BCUT2D eigenvalue weighted by Crippen LogP contribution is -2.64. The van der Waals surface area contributed by atoms with Crippen LogP contribution in [0.15, 0.2) is 78.9 Å². The SMILES string of the molecule is COc1ccc(C(C)CO)cc1CN[C@H]1C2CCN(CC2)[C@H]1C(c1ccccc1)c1ccccc1. The summed E-state index contributed by atoms with van der Waals surface area (Å²) in [5.41, 5.74) is 5.09. The Hall–Kier alpha value is -2.66. The quantitative estimate of drug-likeness (QED) is 0.453. The number of fused-ring (bicyclic) bond motifs is 3. The molecule has 3 aliphatic heterocycles. The molecular formula is C31H38N2O2. The summed E-state index contributed by atoms with van der Waals surface area (Å²) in [5, 5.41) is 13.7. The third-order valence-electron chi connectivity index (χ3n) is 8.21. The van der Waals surface area contributed by atoms with E-state index in [1.807, 2.05) is 6.07 Å². The van der Waals surface area contributed by atoms with Gasteiger partial charge in [0.05, 0.1) is 7.11 Å². The number of hydrogen-bond donors (Lipinski definition) is 2. The van der Waals surface area contributed by atoms with Crippen molar-refractivity contribution >= 4 is 0 Å². The van der Waals surface area contributed by atoms with Crippen LogP contribution in [0, 0.1) is 5.92 Å². The smallest absolute Gasteiger partial charge is 0.123 e. The van der Waals surface area contributed by atoms with Crippen molar-refractivity contribution in [3.8, 4) is 5.75 Å². The van der Waals surface area contributed by atoms with E-state index in [0.717, 1.165) is 23.4 Å². The number of rotatable bonds is 9. The number of hydrogen-bond acceptors (Lipinski definition) is 4. The van der Waals surface area contributed by atoms with Crippen LogP contribution in [0.5, 0.6) is 5.75 Å². The standard InChI is InChI=1S/C31H38N2O2/c1-22(21-34)26-13-14-28(35-2)27(19-26)20-32-30-25-15-17-33(18-16-25)31(30)29(23-9-5-3-6-10-23)24-11-7-4-8-12-24/h3-14,19,22,25,29-32,34H,15-18,20-21H2,1-2H3/t22?,30-,31-/m0/s1. The molecule has 2 N–H and O–H groups in total. The van der Waals surface area contributed by atoms with Crippen molar-refractivity contribution in [1.82, 2.24) is 10.2 Å². The lowest BCUT2D eigenvalue weighted by Gasteiger charge is -2.54. The van der Waals surface area contributed by atoms with Crippen molar-refractivity contribution < 1.29 is 9.84 Å². The molecule has 0 saturated carbocycles. The second-order valence-electron chi connectivity index (χ2n) is 10.2. The fraction of sp³-hybridized carbons (Fsp3) is 0.419. The zero-order valence-electron chi connectivity index (χ0n) is 20.9. The third kappa shape index (κ3) is 5.02. The molecule has 3 heterocycles. The van der Waals surface area contributed by atoms with Crippen LogP contribution in [0.4, 0.5) is 0 Å². The summed E-state index contributed by atoms with van der Waals surface area (Å²) in [7, 11) is 1.74. The van der Waals surface area contributed by atoms with Gasteiger partial charge in [-0.15, -0.1) is 0 Å². The molecule has 0 aromatic heterocycles. The number of aliphatic hydroxyl groups is 1. The average Bonchev–Trinajstić information content (AvgIpc) is 2.93. The molecule has 4 nitrogen and oxygen atoms in total. The first kappa shape index (κ1) is 24.1. The van der Waals surface area contributed by atoms with E-state index < -0.39 is 0 Å². The first-order valence-electron chi connectivity index (χ1n) is 13.0. The molecule has 3 aromatic rings. The van der Waals surface area contributed by atoms with Crippen molar-refractivity contribution in [1.29, 1.82) is 0 Å². The number of ether oxygens (including phenoxy) is 1. The van der Waals surface area contributed by atoms with E-state index in [1.54, 1.807) is 7.11 Å². The largest absolute Gasteiger partial charge is 0.496 e. The number of piperidine rings is 3. The van der Waals surface area contributed by atoms with Crippen LogP contribution < -0.4 is 10.1 Å². The van der Waals surface area contributed by atoms with Gasteiger partial charge >= 0.3 is 0 Å². The lowest BCUT2D eigenvalue weighted by molar-refractivity contribution is 0.00462. The number of methoxy groups -OCH3 is 1. The molecule has 3 aromatic carbocycles. The predicted octanol–water partition coefficient (Wildman–Crippen LogP) is 5.18. The molecule has 4 heteroatoms. The summed E-state index contributed by atoms with van der Waals surface area (Å²) >= 11 is 0. The van der Waals surface area contributed by atoms with Crippen molar-refractivity contribution in [3.63, 3.8) is 0 Å². The van der Waals surface area contributed by atoms with Gasteiger partial charge in [-0.3, -0.25) is 4.90 Å². The Morgan fingerprint density at radius 1 is 0.914 bits per heavy atom. The highest BCUT2D eigenvalue weighted by molar-refractivity contribution is 5.39. The summed E-state index contributed by atoms with van der Waals surface area (Å²) in [6, 6.07) is 29.2. The highest BCUT2D eigenvalue weighted by Gasteiger charge is 2.46. The van der Waals surface area contributed by atoms with Crippen LogP contribution in [0.1, 0.15) is 53.9 Å². The fourth-order valence-corrected chi connectivity index (χ4v) is 6.27. The molecule has 0 amide bonds. The highest BCUT2D eigenvalue weighted by atomic mass is 16.5. The molecule has 184 valence electrons. The molecule has 0 aliphatic carbocycles. The van der Waals surface area contributed by atoms with E-state index in [9.17, 15) is 5.11 Å². The van der Waals surface area contributed by atoms with Gasteiger partial charge in [-0.05, 0) is 54.6 Å². The van der Waals surface area contributed by atoms with E-state index in [2.05, 4.69) is 89.9 Å².